The fourth-order valence-electron chi connectivity index (χ4n) is 6.18. The molecule has 2 aromatic rings. The summed E-state index contributed by atoms with van der Waals surface area (Å²) in [6, 6.07) is -2.63. The number of aliphatic hydroxyl groups is 3. The summed E-state index contributed by atoms with van der Waals surface area (Å²) in [5.41, 5.74) is 0.174. The number of carboxylic acids is 1. The minimum atomic E-state index is -2.26. The minimum absolute atomic E-state index is 0.0112. The van der Waals surface area contributed by atoms with Crippen molar-refractivity contribution < 1.29 is 62.6 Å². The number of nitrogens with one attached hydrogen (secondary N) is 2. The van der Waals surface area contributed by atoms with E-state index in [2.05, 4.69) is 93.3 Å². The van der Waals surface area contributed by atoms with E-state index < -0.39 is 89.8 Å². The van der Waals surface area contributed by atoms with Crippen molar-refractivity contribution in [1.29, 1.82) is 0 Å². The Balaban J connectivity index is 1.35. The number of aromatic nitrogens is 4. The Hall–Kier alpha value is -3.13. The molecule has 0 aromatic carbocycles. The van der Waals surface area contributed by atoms with Crippen LogP contribution in [0, 0.1) is 0 Å². The number of aliphatic hydroxyl groups excluding tert-OH is 3. The highest BCUT2D eigenvalue weighted by atomic mass is 28.4. The van der Waals surface area contributed by atoms with E-state index in [9.17, 15) is 34.8 Å². The molecule has 0 radical (unpaired) electrons. The first-order valence-corrected chi connectivity index (χ1v) is 25.9. The number of aliphatic carboxylic acids is 1. The highest BCUT2D eigenvalue weighted by molar-refractivity contribution is 6.74. The van der Waals surface area contributed by atoms with Crippen LogP contribution in [-0.4, -0.2) is 142 Å². The van der Waals surface area contributed by atoms with Crippen LogP contribution in [0.3, 0.4) is 0 Å². The summed E-state index contributed by atoms with van der Waals surface area (Å²) >= 11 is 0. The maximum absolute atomic E-state index is 13.0. The third-order valence-corrected chi connectivity index (χ3v) is 21.0. The molecule has 2 aromatic heterocycles. The quantitative estimate of drug-likeness (QED) is 0.109. The van der Waals surface area contributed by atoms with Gasteiger partial charge in [-0.1, -0.05) is 41.5 Å². The monoisotopic (exact) mass is 870 g/mol. The van der Waals surface area contributed by atoms with Crippen LogP contribution < -0.4 is 10.6 Å². The van der Waals surface area contributed by atoms with Gasteiger partial charge in [-0.25, -0.2) is 24.5 Å². The maximum Gasteiger partial charge on any atom is 0.330 e. The normalized spacial score (nSPS) is 27.5. The van der Waals surface area contributed by atoms with E-state index in [4.69, 9.17) is 27.8 Å². The van der Waals surface area contributed by atoms with E-state index in [1.165, 1.54) is 17.8 Å². The lowest BCUT2D eigenvalue weighted by Gasteiger charge is -2.48. The Morgan fingerprint density at radius 3 is 2.15 bits per heavy atom. The number of esters is 1. The van der Waals surface area contributed by atoms with Gasteiger partial charge in [-0.3, -0.25) is 14.7 Å². The average Bonchev–Trinajstić information content (AvgIpc) is 3.54. The molecule has 0 aliphatic carbocycles. The van der Waals surface area contributed by atoms with Crippen LogP contribution in [0.25, 0.3) is 11.2 Å². The van der Waals surface area contributed by atoms with Crippen LogP contribution in [0.2, 0.25) is 36.3 Å². The molecule has 11 atom stereocenters. The van der Waals surface area contributed by atoms with Crippen LogP contribution >= 0.6 is 0 Å². The summed E-state index contributed by atoms with van der Waals surface area (Å²) < 4.78 is 38.8. The molecule has 2 amide bonds. The number of rotatable bonds is 15. The molecule has 334 valence electrons. The Kier molecular flexibility index (Phi) is 15.5. The molecule has 2 aliphatic heterocycles. The van der Waals surface area contributed by atoms with Crippen molar-refractivity contribution in [3.8, 4) is 0 Å². The van der Waals surface area contributed by atoms with Crippen molar-refractivity contribution in [3.63, 3.8) is 0 Å². The van der Waals surface area contributed by atoms with Crippen LogP contribution in [0.15, 0.2) is 12.7 Å². The fraction of sp³-hybridized carbons (Fsp3) is 0.789. The van der Waals surface area contributed by atoms with Gasteiger partial charge in [0.15, 0.2) is 52.2 Å². The SMILES string of the molecule is C[C@H](CCC(=O)O[C@H](C)[C@H](NC(=O)Nc1ncnc2c1ncn2[C@H]1OC[C@@H](O)[C@H](O)[C@H]1O)C(=O)O)O[C@@H]1O[C@@H](C)[C@H](O[Si](C)(C)C(C)(C)C)C[C@H]1O[Si](C)(C)C(C)(C)C. The molecular formula is C38H66N6O13Si2. The molecule has 19 nitrogen and oxygen atoms in total. The van der Waals surface area contributed by atoms with Gasteiger partial charge >= 0.3 is 18.0 Å². The Bertz CT molecular complexity index is 1770. The van der Waals surface area contributed by atoms with Crippen molar-refractivity contribution in [2.75, 3.05) is 11.9 Å². The van der Waals surface area contributed by atoms with Crippen LogP contribution in [-0.2, 0) is 37.4 Å². The zero-order valence-corrected chi connectivity index (χ0v) is 38.6. The van der Waals surface area contributed by atoms with Gasteiger partial charge in [0, 0.05) is 12.8 Å². The Morgan fingerprint density at radius 2 is 1.56 bits per heavy atom. The summed E-state index contributed by atoms with van der Waals surface area (Å²) in [5, 5.41) is 45.0. The highest BCUT2D eigenvalue weighted by Gasteiger charge is 2.48. The summed E-state index contributed by atoms with van der Waals surface area (Å²) in [6.07, 6.45) is -5.66. The predicted octanol–water partition coefficient (Wildman–Crippen LogP) is 4.05. The number of urea groups is 1. The molecular weight excluding hydrogens is 805 g/mol. The number of fused-ring (bicyclic) bond motifs is 1. The maximum atomic E-state index is 13.0. The van der Waals surface area contributed by atoms with E-state index in [1.807, 2.05) is 13.8 Å². The minimum Gasteiger partial charge on any atom is -0.480 e. The van der Waals surface area contributed by atoms with Gasteiger partial charge in [0.1, 0.15) is 30.7 Å². The second kappa shape index (κ2) is 18.9. The topological polar surface area (TPSA) is 255 Å². The largest absolute Gasteiger partial charge is 0.480 e. The molecule has 21 heteroatoms. The van der Waals surface area contributed by atoms with E-state index in [1.54, 1.807) is 0 Å². The number of anilines is 1. The fourth-order valence-corrected chi connectivity index (χ4v) is 8.89. The Labute approximate surface area is 348 Å². The van der Waals surface area contributed by atoms with Gasteiger partial charge in [0.05, 0.1) is 37.4 Å². The number of ether oxygens (including phenoxy) is 4. The summed E-state index contributed by atoms with van der Waals surface area (Å²) in [4.78, 5) is 50.6. The van der Waals surface area contributed by atoms with Gasteiger partial charge < -0.3 is 53.5 Å². The van der Waals surface area contributed by atoms with Crippen LogP contribution in [0.5, 0.6) is 0 Å². The highest BCUT2D eigenvalue weighted by Crippen LogP contribution is 2.42. The van der Waals surface area contributed by atoms with Crippen molar-refractivity contribution in [1.82, 2.24) is 24.8 Å². The number of amides is 2. The van der Waals surface area contributed by atoms with E-state index in [-0.39, 0.29) is 58.7 Å². The predicted molar refractivity (Wildman–Crippen MR) is 220 cm³/mol. The second-order valence-electron chi connectivity index (χ2n) is 18.7. The smallest absolute Gasteiger partial charge is 0.330 e. The second-order valence-corrected chi connectivity index (χ2v) is 28.2. The van der Waals surface area contributed by atoms with Gasteiger partial charge in [0.2, 0.25) is 0 Å². The number of nitrogens with zero attached hydrogens (tertiary/aromatic N) is 4. The number of hydrogen-bond acceptors (Lipinski definition) is 15. The Morgan fingerprint density at radius 1 is 0.949 bits per heavy atom. The summed E-state index contributed by atoms with van der Waals surface area (Å²) in [7, 11) is -4.39. The molecule has 2 aliphatic rings. The van der Waals surface area contributed by atoms with Gasteiger partial charge in [0.25, 0.3) is 0 Å². The van der Waals surface area contributed by atoms with Gasteiger partial charge in [-0.15, -0.1) is 0 Å². The van der Waals surface area contributed by atoms with Crippen LogP contribution in [0.1, 0.15) is 87.8 Å². The standard InChI is InChI=1S/C38H66N6O13Si2/c1-20(53-35-25(57-59(12,13)38(7,8)9)16-24(21(2)55-35)56-58(10,11)37(4,5)6)14-15-26(46)54-22(3)27(34(49)50)42-36(51)43-31-28-32(40-18-39-31)44(19-41-28)33-30(48)29(47)23(45)17-52-33/h18-25,27,29-30,33,35,45,47-48H,14-17H2,1-13H3,(H,49,50)(H2,39,40,42,43,51)/t20-,21+,22-,23-,24-,25-,27+,29+,30-,33+,35-/m1/s1. The zero-order chi connectivity index (χ0) is 44.4. The van der Waals surface area contributed by atoms with Crippen LogP contribution in [0.4, 0.5) is 10.6 Å². The molecule has 0 spiro atoms. The molecule has 4 heterocycles. The first kappa shape index (κ1) is 48.5. The number of carbonyl (C=O) groups excluding carboxylic acids is 2. The van der Waals surface area contributed by atoms with E-state index in [0.29, 0.717) is 6.42 Å². The number of hydrogen-bond donors (Lipinski definition) is 6. The van der Waals surface area contributed by atoms with Crippen molar-refractivity contribution in [2.24, 2.45) is 0 Å². The summed E-state index contributed by atoms with van der Waals surface area (Å²) in [5.74, 6) is -2.25. The van der Waals surface area contributed by atoms with Crippen molar-refractivity contribution >= 4 is 51.6 Å². The lowest BCUT2D eigenvalue weighted by atomic mass is 10.0. The zero-order valence-electron chi connectivity index (χ0n) is 36.6. The first-order chi connectivity index (χ1) is 27.1. The molecule has 0 unspecified atom stereocenters. The number of imidazole rings is 1. The lowest BCUT2D eigenvalue weighted by Crippen LogP contribution is -2.57. The molecule has 2 fully saturated rings. The van der Waals surface area contributed by atoms with Crippen molar-refractivity contribution in [3.05, 3.63) is 12.7 Å². The molecule has 6 N–H and O–H groups in total. The molecule has 0 saturated carbocycles. The summed E-state index contributed by atoms with van der Waals surface area (Å²) in [6.45, 7) is 26.8. The molecule has 2 saturated heterocycles. The number of carboxylic acid groups (broad SMARTS) is 1. The molecule has 4 rings (SSSR count). The average molecular weight is 871 g/mol. The third-order valence-electron chi connectivity index (χ3n) is 11.9. The van der Waals surface area contributed by atoms with Gasteiger partial charge in [-0.2, -0.15) is 0 Å². The molecule has 59 heavy (non-hydrogen) atoms. The van der Waals surface area contributed by atoms with Crippen molar-refractivity contribution in [2.45, 2.75) is 185 Å². The first-order valence-electron chi connectivity index (χ1n) is 20.1. The lowest BCUT2D eigenvalue weighted by molar-refractivity contribution is -0.268. The molecule has 0 bridgehead atoms. The van der Waals surface area contributed by atoms with E-state index >= 15 is 0 Å². The third kappa shape index (κ3) is 11.8. The number of carbonyl (C=O) groups is 3. The van der Waals surface area contributed by atoms with Gasteiger partial charge in [-0.05, 0) is 63.5 Å². The van der Waals surface area contributed by atoms with E-state index in [0.717, 1.165) is 6.33 Å².